The van der Waals surface area contributed by atoms with Crippen LogP contribution in [0.3, 0.4) is 0 Å². The van der Waals surface area contributed by atoms with Crippen LogP contribution in [-0.2, 0) is 11.3 Å². The summed E-state index contributed by atoms with van der Waals surface area (Å²) in [6.45, 7) is 4.41. The molecule has 0 atom stereocenters. The first kappa shape index (κ1) is 16.0. The van der Waals surface area contributed by atoms with E-state index >= 15 is 0 Å². The molecular weight excluding hydrogens is 268 g/mol. The summed E-state index contributed by atoms with van der Waals surface area (Å²) in [6.07, 6.45) is 7.71. The summed E-state index contributed by atoms with van der Waals surface area (Å²) in [5.41, 5.74) is 7.01. The summed E-state index contributed by atoms with van der Waals surface area (Å²) in [6, 6.07) is 0. The Morgan fingerprint density at radius 2 is 2.29 bits per heavy atom. The van der Waals surface area contributed by atoms with Crippen LogP contribution in [0.25, 0.3) is 0 Å². The molecule has 0 aromatic carbocycles. The van der Waals surface area contributed by atoms with E-state index < -0.39 is 0 Å². The van der Waals surface area contributed by atoms with Gasteiger partial charge in [0.15, 0.2) is 0 Å². The third-order valence-corrected chi connectivity index (χ3v) is 3.97. The zero-order valence-electron chi connectivity index (χ0n) is 12.8. The van der Waals surface area contributed by atoms with Crippen LogP contribution in [0.1, 0.15) is 48.2 Å². The quantitative estimate of drug-likeness (QED) is 0.707. The molecule has 3 N–H and O–H groups in total. The van der Waals surface area contributed by atoms with Crippen LogP contribution in [-0.4, -0.2) is 41.5 Å². The van der Waals surface area contributed by atoms with Crippen molar-refractivity contribution < 1.29 is 9.53 Å². The van der Waals surface area contributed by atoms with Crippen LogP contribution in [0.5, 0.6) is 0 Å². The highest BCUT2D eigenvalue weighted by Crippen LogP contribution is 2.20. The van der Waals surface area contributed by atoms with Gasteiger partial charge in [0.25, 0.3) is 5.91 Å². The monoisotopic (exact) mass is 294 g/mol. The van der Waals surface area contributed by atoms with Gasteiger partial charge in [0.05, 0.1) is 24.5 Å². The molecular formula is C15H26N4O2. The number of carbonyl (C=O) groups is 1. The molecule has 1 aliphatic carbocycles. The topological polar surface area (TPSA) is 82.2 Å². The summed E-state index contributed by atoms with van der Waals surface area (Å²) in [5.74, 6) is -0.0819. The Morgan fingerprint density at radius 3 is 3.00 bits per heavy atom. The second-order valence-corrected chi connectivity index (χ2v) is 5.54. The predicted molar refractivity (Wildman–Crippen MR) is 81.2 cm³/mol. The minimum absolute atomic E-state index is 0.0819. The molecule has 0 unspecified atom stereocenters. The maximum absolute atomic E-state index is 12.1. The highest BCUT2D eigenvalue weighted by Gasteiger charge is 2.16. The molecule has 1 aromatic rings. The van der Waals surface area contributed by atoms with Crippen molar-refractivity contribution in [1.29, 1.82) is 0 Å². The van der Waals surface area contributed by atoms with E-state index in [1.165, 1.54) is 12.8 Å². The van der Waals surface area contributed by atoms with Gasteiger partial charge in [0.2, 0.25) is 0 Å². The van der Waals surface area contributed by atoms with E-state index in [4.69, 9.17) is 10.5 Å². The molecule has 1 saturated carbocycles. The van der Waals surface area contributed by atoms with Crippen LogP contribution in [0, 0.1) is 6.92 Å². The van der Waals surface area contributed by atoms with Gasteiger partial charge in [-0.1, -0.05) is 12.8 Å². The molecule has 2 rings (SSSR count). The second-order valence-electron chi connectivity index (χ2n) is 5.54. The van der Waals surface area contributed by atoms with E-state index in [1.807, 2.05) is 11.6 Å². The summed E-state index contributed by atoms with van der Waals surface area (Å²) in [5, 5.41) is 7.13. The Labute approximate surface area is 126 Å². The van der Waals surface area contributed by atoms with Crippen molar-refractivity contribution in [3.8, 4) is 0 Å². The molecule has 1 amide bonds. The number of amides is 1. The molecule has 1 aromatic heterocycles. The number of aromatic nitrogens is 2. The van der Waals surface area contributed by atoms with Crippen molar-refractivity contribution in [1.82, 2.24) is 15.1 Å². The van der Waals surface area contributed by atoms with Crippen LogP contribution in [0.15, 0.2) is 6.20 Å². The van der Waals surface area contributed by atoms with Crippen molar-refractivity contribution in [3.63, 3.8) is 0 Å². The molecule has 0 spiro atoms. The van der Waals surface area contributed by atoms with Gasteiger partial charge in [-0.15, -0.1) is 0 Å². The largest absolute Gasteiger partial charge is 0.376 e. The molecule has 0 aliphatic heterocycles. The Kier molecular flexibility index (Phi) is 6.20. The average molecular weight is 294 g/mol. The van der Waals surface area contributed by atoms with Crippen LogP contribution in [0.2, 0.25) is 0 Å². The number of rotatable bonds is 8. The molecule has 0 bridgehead atoms. The van der Waals surface area contributed by atoms with E-state index in [0.717, 1.165) is 31.5 Å². The van der Waals surface area contributed by atoms with Crippen LogP contribution in [0.4, 0.5) is 0 Å². The molecule has 1 heterocycles. The lowest BCUT2D eigenvalue weighted by Crippen LogP contribution is -2.28. The lowest BCUT2D eigenvalue weighted by atomic mass is 10.2. The lowest BCUT2D eigenvalue weighted by Gasteiger charge is -2.11. The molecule has 118 valence electrons. The SMILES string of the molecule is Cc1c(C(=O)NCCOC2CCCC2)cnn1CCCN. The fraction of sp³-hybridized carbons (Fsp3) is 0.733. The van der Waals surface area contributed by atoms with Crippen molar-refractivity contribution in [2.24, 2.45) is 5.73 Å². The number of carbonyl (C=O) groups excluding carboxylic acids is 1. The van der Waals surface area contributed by atoms with E-state index in [0.29, 0.717) is 31.4 Å². The van der Waals surface area contributed by atoms with Gasteiger partial charge in [-0.3, -0.25) is 9.48 Å². The van der Waals surface area contributed by atoms with Gasteiger partial charge >= 0.3 is 0 Å². The van der Waals surface area contributed by atoms with Gasteiger partial charge in [-0.05, 0) is 32.7 Å². The fourth-order valence-corrected chi connectivity index (χ4v) is 2.68. The fourth-order valence-electron chi connectivity index (χ4n) is 2.68. The number of hydrogen-bond donors (Lipinski definition) is 2. The molecule has 21 heavy (non-hydrogen) atoms. The van der Waals surface area contributed by atoms with Gasteiger partial charge < -0.3 is 15.8 Å². The Hall–Kier alpha value is -1.40. The lowest BCUT2D eigenvalue weighted by molar-refractivity contribution is 0.0581. The number of nitrogens with two attached hydrogens (primary N) is 1. The standard InChI is InChI=1S/C15H26N4O2/c1-12-14(11-18-19(12)9-4-7-16)15(20)17-8-10-21-13-5-2-3-6-13/h11,13H,2-10,16H2,1H3,(H,17,20). The van der Waals surface area contributed by atoms with E-state index in [-0.39, 0.29) is 5.91 Å². The zero-order chi connectivity index (χ0) is 15.1. The van der Waals surface area contributed by atoms with Crippen molar-refractivity contribution in [3.05, 3.63) is 17.5 Å². The van der Waals surface area contributed by atoms with E-state index in [2.05, 4.69) is 10.4 Å². The van der Waals surface area contributed by atoms with Crippen molar-refractivity contribution in [2.75, 3.05) is 19.7 Å². The number of ether oxygens (including phenoxy) is 1. The molecule has 6 heteroatoms. The molecule has 0 radical (unpaired) electrons. The Bertz CT molecular complexity index is 453. The average Bonchev–Trinajstić information content (AvgIpc) is 3.11. The van der Waals surface area contributed by atoms with Crippen molar-refractivity contribution in [2.45, 2.75) is 51.7 Å². The minimum atomic E-state index is -0.0819. The molecule has 1 fully saturated rings. The summed E-state index contributed by atoms with van der Waals surface area (Å²) in [4.78, 5) is 12.1. The number of hydrogen-bond acceptors (Lipinski definition) is 4. The Balaban J connectivity index is 1.73. The number of nitrogens with zero attached hydrogens (tertiary/aromatic N) is 2. The normalized spacial score (nSPS) is 15.5. The maximum Gasteiger partial charge on any atom is 0.254 e. The van der Waals surface area contributed by atoms with Crippen molar-refractivity contribution >= 4 is 5.91 Å². The third kappa shape index (κ3) is 4.54. The van der Waals surface area contributed by atoms with E-state index in [9.17, 15) is 4.79 Å². The molecule has 0 saturated heterocycles. The third-order valence-electron chi connectivity index (χ3n) is 3.97. The molecule has 1 aliphatic rings. The Morgan fingerprint density at radius 1 is 1.52 bits per heavy atom. The second kappa shape index (κ2) is 8.14. The first-order chi connectivity index (χ1) is 10.2. The summed E-state index contributed by atoms with van der Waals surface area (Å²) in [7, 11) is 0. The van der Waals surface area contributed by atoms with Gasteiger partial charge in [-0.25, -0.2) is 0 Å². The summed E-state index contributed by atoms with van der Waals surface area (Å²) >= 11 is 0. The highest BCUT2D eigenvalue weighted by atomic mass is 16.5. The van der Waals surface area contributed by atoms with Gasteiger partial charge in [0.1, 0.15) is 0 Å². The molecule has 6 nitrogen and oxygen atoms in total. The van der Waals surface area contributed by atoms with Crippen LogP contribution < -0.4 is 11.1 Å². The maximum atomic E-state index is 12.1. The predicted octanol–water partition coefficient (Wildman–Crippen LogP) is 1.23. The highest BCUT2D eigenvalue weighted by molar-refractivity contribution is 5.94. The van der Waals surface area contributed by atoms with Crippen LogP contribution >= 0.6 is 0 Å². The number of aryl methyl sites for hydroxylation is 1. The first-order valence-electron chi connectivity index (χ1n) is 7.84. The van der Waals surface area contributed by atoms with Gasteiger partial charge in [0, 0.05) is 18.8 Å². The van der Waals surface area contributed by atoms with E-state index in [1.54, 1.807) is 6.20 Å². The first-order valence-corrected chi connectivity index (χ1v) is 7.84. The zero-order valence-corrected chi connectivity index (χ0v) is 12.8. The number of nitrogens with one attached hydrogen (secondary N) is 1. The van der Waals surface area contributed by atoms with Gasteiger partial charge in [-0.2, -0.15) is 5.10 Å². The smallest absolute Gasteiger partial charge is 0.254 e. The minimum Gasteiger partial charge on any atom is -0.376 e. The summed E-state index contributed by atoms with van der Waals surface area (Å²) < 4.78 is 7.56.